The van der Waals surface area contributed by atoms with Gasteiger partial charge in [0.25, 0.3) is 0 Å². The Hall–Kier alpha value is -2.21. The lowest BCUT2D eigenvalue weighted by atomic mass is 9.83. The number of hydrogen-bond donors (Lipinski definition) is 1. The fourth-order valence-electron chi connectivity index (χ4n) is 3.08. The summed E-state index contributed by atoms with van der Waals surface area (Å²) in [6.07, 6.45) is -10.8. The molecule has 19 heteroatoms. The highest BCUT2D eigenvalue weighted by Crippen LogP contribution is 2.64. The van der Waals surface area contributed by atoms with Crippen molar-refractivity contribution in [1.29, 1.82) is 0 Å². The van der Waals surface area contributed by atoms with Crippen molar-refractivity contribution < 1.29 is 84.5 Å². The molecule has 0 spiro atoms. The van der Waals surface area contributed by atoms with Crippen LogP contribution in [0.3, 0.4) is 0 Å². The molecule has 1 N–H and O–H groups in total. The summed E-state index contributed by atoms with van der Waals surface area (Å²) >= 11 is 0. The molecule has 0 radical (unpaired) electrons. The number of halogens is 17. The number of benzene rings is 1. The molecule has 0 aliphatic heterocycles. The van der Waals surface area contributed by atoms with E-state index in [1.165, 1.54) is 0 Å². The van der Waals surface area contributed by atoms with E-state index in [-0.39, 0.29) is 12.7 Å². The number of hydrogen-bond acceptors (Lipinski definition) is 2. The first-order chi connectivity index (χ1) is 17.1. The molecule has 0 aliphatic rings. The molecule has 1 rings (SSSR count). The maximum absolute atomic E-state index is 14.3. The van der Waals surface area contributed by atoms with Gasteiger partial charge in [0.15, 0.2) is 0 Å². The Labute approximate surface area is 214 Å². The van der Waals surface area contributed by atoms with Gasteiger partial charge < -0.3 is 9.84 Å². The number of rotatable bonds is 10. The minimum atomic E-state index is -8.70. The van der Waals surface area contributed by atoms with Crippen LogP contribution in [0.1, 0.15) is 39.7 Å². The van der Waals surface area contributed by atoms with Crippen LogP contribution < -0.4 is 4.74 Å². The van der Waals surface area contributed by atoms with E-state index >= 15 is 0 Å². The summed E-state index contributed by atoms with van der Waals surface area (Å²) in [5.74, 6) is -57.2. The summed E-state index contributed by atoms with van der Waals surface area (Å²) in [4.78, 5) is 0. The normalized spacial score (nSPS) is 17.1. The van der Waals surface area contributed by atoms with Gasteiger partial charge in [-0.15, -0.1) is 0 Å². The Morgan fingerprint density at radius 1 is 0.525 bits per heavy atom. The van der Waals surface area contributed by atoms with Gasteiger partial charge in [-0.1, -0.05) is 12.1 Å². The van der Waals surface area contributed by atoms with Crippen LogP contribution in [-0.4, -0.2) is 58.3 Å². The van der Waals surface area contributed by atoms with Gasteiger partial charge in [-0.25, -0.2) is 0 Å². The molecule has 0 aliphatic carbocycles. The predicted molar refractivity (Wildman–Crippen MR) is 102 cm³/mol. The van der Waals surface area contributed by atoms with Crippen LogP contribution in [-0.2, 0) is 5.60 Å². The monoisotopic (exact) mass is 626 g/mol. The van der Waals surface area contributed by atoms with Crippen LogP contribution in [0.15, 0.2) is 24.3 Å². The largest absolute Gasteiger partial charge is 0.488 e. The molecule has 1 aromatic rings. The van der Waals surface area contributed by atoms with Crippen LogP contribution in [0.2, 0.25) is 0 Å². The zero-order valence-corrected chi connectivity index (χ0v) is 20.3. The van der Waals surface area contributed by atoms with Gasteiger partial charge in [0.2, 0.25) is 0 Å². The average molecular weight is 626 g/mol. The highest BCUT2D eigenvalue weighted by molar-refractivity contribution is 5.31. The third kappa shape index (κ3) is 5.62. The molecule has 0 fully saturated rings. The quantitative estimate of drug-likeness (QED) is 0.264. The summed E-state index contributed by atoms with van der Waals surface area (Å²) < 4.78 is 234. The van der Waals surface area contributed by atoms with Crippen molar-refractivity contribution in [3.05, 3.63) is 29.8 Å². The molecule has 40 heavy (non-hydrogen) atoms. The Morgan fingerprint density at radius 3 is 1.18 bits per heavy atom. The summed E-state index contributed by atoms with van der Waals surface area (Å²) in [5, 5.41) is 10.2. The molecule has 1 unspecified atom stereocenters. The van der Waals surface area contributed by atoms with Crippen LogP contribution in [0.5, 0.6) is 5.75 Å². The average Bonchev–Trinajstić information content (AvgIpc) is 2.70. The molecule has 0 amide bonds. The molecule has 1 aromatic carbocycles. The summed E-state index contributed by atoms with van der Waals surface area (Å²) in [6, 6.07) is 3.29. The first kappa shape index (κ1) is 35.8. The van der Waals surface area contributed by atoms with Crippen LogP contribution in [0.25, 0.3) is 0 Å². The SMILES string of the molecule is CC(C)(C)Oc1ccc(C(C)(O)CC(F)(F)C(F)(F)C(F)(F)C(F)(F)C(F)(F)C(F)(F)C(F)(F)C(F)(F)F)cc1. The third-order valence-corrected chi connectivity index (χ3v) is 5.25. The predicted octanol–water partition coefficient (Wildman–Crippen LogP) is 8.47. The van der Waals surface area contributed by atoms with Crippen molar-refractivity contribution in [3.63, 3.8) is 0 Å². The molecule has 0 saturated carbocycles. The molecule has 234 valence electrons. The Balaban J connectivity index is 3.53. The van der Waals surface area contributed by atoms with E-state index in [1.54, 1.807) is 20.8 Å². The molecule has 1 atom stereocenters. The van der Waals surface area contributed by atoms with E-state index in [9.17, 15) is 79.7 Å². The third-order valence-electron chi connectivity index (χ3n) is 5.25. The molecular formula is C21H19F17O2. The van der Waals surface area contributed by atoms with Crippen molar-refractivity contribution in [1.82, 2.24) is 0 Å². The van der Waals surface area contributed by atoms with Gasteiger partial charge in [0.05, 0.1) is 12.0 Å². The second-order valence-corrected chi connectivity index (χ2v) is 9.84. The lowest BCUT2D eigenvalue weighted by Crippen LogP contribution is -2.74. The Morgan fingerprint density at radius 2 is 0.850 bits per heavy atom. The smallest absolute Gasteiger partial charge is 0.460 e. The minimum absolute atomic E-state index is 0.0193. The van der Waals surface area contributed by atoms with Crippen molar-refractivity contribution in [2.75, 3.05) is 0 Å². The highest BCUT2D eigenvalue weighted by atomic mass is 19.4. The topological polar surface area (TPSA) is 29.5 Å². The Kier molecular flexibility index (Phi) is 8.66. The van der Waals surface area contributed by atoms with Gasteiger partial charge in [0.1, 0.15) is 11.4 Å². The lowest BCUT2D eigenvalue weighted by Gasteiger charge is -2.43. The zero-order valence-electron chi connectivity index (χ0n) is 20.3. The van der Waals surface area contributed by atoms with Gasteiger partial charge in [-0.2, -0.15) is 74.6 Å². The highest BCUT2D eigenvalue weighted by Gasteiger charge is 2.95. The maximum atomic E-state index is 14.3. The number of aliphatic hydroxyl groups is 1. The molecule has 2 nitrogen and oxygen atoms in total. The van der Waals surface area contributed by atoms with Crippen LogP contribution in [0, 0.1) is 0 Å². The van der Waals surface area contributed by atoms with E-state index in [1.807, 2.05) is 0 Å². The van der Waals surface area contributed by atoms with E-state index < -0.39 is 70.8 Å². The lowest BCUT2D eigenvalue weighted by molar-refractivity contribution is -0.462. The van der Waals surface area contributed by atoms with Gasteiger partial charge in [-0.3, -0.25) is 0 Å². The fraction of sp³-hybridized carbons (Fsp3) is 0.714. The summed E-state index contributed by atoms with van der Waals surface area (Å²) in [6.45, 7) is 4.86. The van der Waals surface area contributed by atoms with Crippen LogP contribution in [0.4, 0.5) is 74.6 Å². The minimum Gasteiger partial charge on any atom is -0.488 e. The fourth-order valence-corrected chi connectivity index (χ4v) is 3.08. The van der Waals surface area contributed by atoms with Crippen molar-refractivity contribution >= 4 is 0 Å². The van der Waals surface area contributed by atoms with Gasteiger partial charge >= 0.3 is 47.6 Å². The van der Waals surface area contributed by atoms with E-state index in [0.717, 1.165) is 12.1 Å². The summed E-state index contributed by atoms with van der Waals surface area (Å²) in [7, 11) is 0. The standard InChI is InChI=1S/C21H19F17O2/c1-12(2,3)40-11-7-5-10(6-8-11)13(4,39)9-14(22,23)15(24,25)16(26,27)17(28,29)18(30,31)19(32,33)20(34,35)21(36,37)38/h5-8,39H,9H2,1-4H3. The van der Waals surface area contributed by atoms with Crippen LogP contribution >= 0.6 is 0 Å². The molecule has 0 bridgehead atoms. The second-order valence-electron chi connectivity index (χ2n) is 9.84. The number of ether oxygens (including phenoxy) is 1. The molecule has 0 aromatic heterocycles. The van der Waals surface area contributed by atoms with Crippen molar-refractivity contribution in [2.24, 2.45) is 0 Å². The first-order valence-corrected chi connectivity index (χ1v) is 10.4. The molecular weight excluding hydrogens is 607 g/mol. The maximum Gasteiger partial charge on any atom is 0.460 e. The van der Waals surface area contributed by atoms with E-state index in [4.69, 9.17) is 4.74 Å². The first-order valence-electron chi connectivity index (χ1n) is 10.4. The summed E-state index contributed by atoms with van der Waals surface area (Å²) in [5.41, 5.74) is -5.03. The number of alkyl halides is 17. The van der Waals surface area contributed by atoms with Crippen molar-refractivity contribution in [2.45, 2.75) is 93.0 Å². The zero-order chi connectivity index (χ0) is 32.4. The molecule has 0 heterocycles. The Bertz CT molecular complexity index is 1030. The van der Waals surface area contributed by atoms with Gasteiger partial charge in [-0.05, 0) is 45.4 Å². The second kappa shape index (κ2) is 9.68. The van der Waals surface area contributed by atoms with Crippen molar-refractivity contribution in [3.8, 4) is 5.75 Å². The van der Waals surface area contributed by atoms with E-state index in [0.29, 0.717) is 12.1 Å². The van der Waals surface area contributed by atoms with E-state index in [2.05, 4.69) is 0 Å². The molecule has 0 saturated heterocycles. The van der Waals surface area contributed by atoms with Gasteiger partial charge in [0, 0.05) is 0 Å².